The van der Waals surface area contributed by atoms with Crippen LogP contribution in [0.1, 0.15) is 55.6 Å². The molecule has 0 saturated carbocycles. The highest BCUT2D eigenvalue weighted by Crippen LogP contribution is 2.29. The van der Waals surface area contributed by atoms with Crippen molar-refractivity contribution in [3.8, 4) is 0 Å². The minimum absolute atomic E-state index is 0.0211. The number of aromatic nitrogens is 2. The first-order valence-electron chi connectivity index (χ1n) is 7.29. The molecule has 1 amide bonds. The Kier molecular flexibility index (Phi) is 4.63. The number of carboxylic acids is 1. The lowest BCUT2D eigenvalue weighted by atomic mass is 9.91. The summed E-state index contributed by atoms with van der Waals surface area (Å²) in [6.07, 6.45) is 3.69. The van der Waals surface area contributed by atoms with Crippen LogP contribution < -0.4 is 0 Å². The van der Waals surface area contributed by atoms with E-state index < -0.39 is 11.6 Å². The molecule has 2 rings (SSSR count). The maximum absolute atomic E-state index is 12.0. The van der Waals surface area contributed by atoms with Crippen LogP contribution in [0.5, 0.6) is 0 Å². The number of aromatic carboxylic acids is 1. The minimum atomic E-state index is -1.02. The third-order valence-electron chi connectivity index (χ3n) is 3.51. The summed E-state index contributed by atoms with van der Waals surface area (Å²) in [5, 5.41) is 9.20. The lowest BCUT2D eigenvalue weighted by Crippen LogP contribution is -2.41. The number of hydrogen-bond acceptors (Lipinski definition) is 5. The van der Waals surface area contributed by atoms with E-state index in [1.165, 1.54) is 12.5 Å². The number of ether oxygens (including phenoxy) is 1. The highest BCUT2D eigenvalue weighted by Gasteiger charge is 2.29. The van der Waals surface area contributed by atoms with Crippen molar-refractivity contribution in [1.82, 2.24) is 14.9 Å². The van der Waals surface area contributed by atoms with Gasteiger partial charge in [-0.2, -0.15) is 0 Å². The predicted molar refractivity (Wildman–Crippen MR) is 78.8 cm³/mol. The second-order valence-electron chi connectivity index (χ2n) is 6.37. The van der Waals surface area contributed by atoms with Gasteiger partial charge in [0.2, 0.25) is 0 Å². The van der Waals surface area contributed by atoms with Crippen LogP contribution in [-0.2, 0) is 4.74 Å². The summed E-state index contributed by atoms with van der Waals surface area (Å²) in [7, 11) is 0. The summed E-state index contributed by atoms with van der Waals surface area (Å²) >= 11 is 0. The summed E-state index contributed by atoms with van der Waals surface area (Å²) < 4.78 is 5.35. The number of piperidine rings is 1. The molecule has 0 spiro atoms. The van der Waals surface area contributed by atoms with Gasteiger partial charge >= 0.3 is 12.1 Å². The van der Waals surface area contributed by atoms with Gasteiger partial charge < -0.3 is 14.7 Å². The molecule has 7 heteroatoms. The zero-order valence-electron chi connectivity index (χ0n) is 13.1. The van der Waals surface area contributed by atoms with Gasteiger partial charge in [-0.3, -0.25) is 0 Å². The van der Waals surface area contributed by atoms with E-state index in [-0.39, 0.29) is 17.6 Å². The molecule has 0 atom stereocenters. The van der Waals surface area contributed by atoms with Gasteiger partial charge in [-0.1, -0.05) is 0 Å². The van der Waals surface area contributed by atoms with E-state index >= 15 is 0 Å². The van der Waals surface area contributed by atoms with Crippen molar-refractivity contribution in [2.45, 2.75) is 45.1 Å². The standard InChI is InChI=1S/C15H21N3O4/c1-15(2,3)22-14(21)18-6-4-10(5-7-18)12-11(13(19)20)8-16-9-17-12/h8-10H,4-7H2,1-3H3,(H,19,20). The molecule has 1 fully saturated rings. The normalized spacial score (nSPS) is 16.4. The Morgan fingerprint density at radius 1 is 1.32 bits per heavy atom. The van der Waals surface area contributed by atoms with Crippen LogP contribution in [0.15, 0.2) is 12.5 Å². The first-order chi connectivity index (χ1) is 10.3. The van der Waals surface area contributed by atoms with E-state index in [4.69, 9.17) is 4.74 Å². The van der Waals surface area contributed by atoms with Crippen LogP contribution in [-0.4, -0.2) is 50.7 Å². The lowest BCUT2D eigenvalue weighted by molar-refractivity contribution is 0.0203. The molecule has 0 aliphatic carbocycles. The molecule has 120 valence electrons. The summed E-state index contributed by atoms with van der Waals surface area (Å²) in [6.45, 7) is 6.55. The Morgan fingerprint density at radius 3 is 2.50 bits per heavy atom. The fourth-order valence-corrected chi connectivity index (χ4v) is 2.49. The number of amides is 1. The number of carbonyl (C=O) groups excluding carboxylic acids is 1. The Balaban J connectivity index is 2.01. The van der Waals surface area contributed by atoms with Gasteiger partial charge in [0.15, 0.2) is 0 Å². The molecule has 1 N–H and O–H groups in total. The largest absolute Gasteiger partial charge is 0.478 e. The third-order valence-corrected chi connectivity index (χ3v) is 3.51. The molecule has 1 aromatic rings. The third kappa shape index (κ3) is 3.93. The fraction of sp³-hybridized carbons (Fsp3) is 0.600. The molecule has 22 heavy (non-hydrogen) atoms. The van der Waals surface area contributed by atoms with Gasteiger partial charge in [0, 0.05) is 25.2 Å². The molecule has 1 aliphatic rings. The van der Waals surface area contributed by atoms with Crippen LogP contribution in [0.3, 0.4) is 0 Å². The van der Waals surface area contributed by atoms with E-state index in [0.717, 1.165) is 0 Å². The quantitative estimate of drug-likeness (QED) is 0.901. The topological polar surface area (TPSA) is 92.6 Å². The number of likely N-dealkylation sites (tertiary alicyclic amines) is 1. The van der Waals surface area contributed by atoms with E-state index in [0.29, 0.717) is 31.6 Å². The van der Waals surface area contributed by atoms with Crippen LogP contribution in [0, 0.1) is 0 Å². The number of carboxylic acid groups (broad SMARTS) is 1. The first kappa shape index (κ1) is 16.2. The van der Waals surface area contributed by atoms with Crippen molar-refractivity contribution < 1.29 is 19.4 Å². The zero-order chi connectivity index (χ0) is 16.3. The van der Waals surface area contributed by atoms with Gasteiger partial charge in [0.1, 0.15) is 11.9 Å². The van der Waals surface area contributed by atoms with Gasteiger partial charge in [0.25, 0.3) is 0 Å². The van der Waals surface area contributed by atoms with Gasteiger partial charge in [-0.05, 0) is 33.6 Å². The van der Waals surface area contributed by atoms with Gasteiger partial charge in [-0.25, -0.2) is 19.6 Å². The Labute approximate surface area is 129 Å². The molecule has 0 unspecified atom stereocenters. The molecule has 1 saturated heterocycles. The molecule has 0 aromatic carbocycles. The maximum atomic E-state index is 12.0. The van der Waals surface area contributed by atoms with Crippen LogP contribution in [0.25, 0.3) is 0 Å². The molecule has 7 nitrogen and oxygen atoms in total. The fourth-order valence-electron chi connectivity index (χ4n) is 2.49. The van der Waals surface area contributed by atoms with E-state index in [1.807, 2.05) is 20.8 Å². The number of carbonyl (C=O) groups is 2. The number of nitrogens with zero attached hydrogens (tertiary/aromatic N) is 3. The maximum Gasteiger partial charge on any atom is 0.410 e. The minimum Gasteiger partial charge on any atom is -0.478 e. The summed E-state index contributed by atoms with van der Waals surface area (Å²) in [5.41, 5.74) is 0.168. The molecule has 2 heterocycles. The van der Waals surface area contributed by atoms with E-state index in [1.54, 1.807) is 4.90 Å². The van der Waals surface area contributed by atoms with Crippen molar-refractivity contribution >= 4 is 12.1 Å². The van der Waals surface area contributed by atoms with Crippen LogP contribution in [0.4, 0.5) is 4.79 Å². The average Bonchev–Trinajstić information content (AvgIpc) is 2.45. The summed E-state index contributed by atoms with van der Waals surface area (Å²) in [6, 6.07) is 0. The Hall–Kier alpha value is -2.18. The second kappa shape index (κ2) is 6.29. The predicted octanol–water partition coefficient (Wildman–Crippen LogP) is 2.29. The average molecular weight is 307 g/mol. The SMILES string of the molecule is CC(C)(C)OC(=O)N1CCC(c2ncncc2C(=O)O)CC1. The highest BCUT2D eigenvalue weighted by molar-refractivity contribution is 5.88. The van der Waals surface area contributed by atoms with Gasteiger partial charge in [0.05, 0.1) is 11.3 Å². The summed E-state index contributed by atoms with van der Waals surface area (Å²) in [5.74, 6) is -1.00. The summed E-state index contributed by atoms with van der Waals surface area (Å²) in [4.78, 5) is 32.8. The number of hydrogen-bond donors (Lipinski definition) is 1. The Morgan fingerprint density at radius 2 is 1.95 bits per heavy atom. The molecular weight excluding hydrogens is 286 g/mol. The van der Waals surface area contributed by atoms with Crippen molar-refractivity contribution in [1.29, 1.82) is 0 Å². The van der Waals surface area contributed by atoms with Crippen molar-refractivity contribution in [3.05, 3.63) is 23.8 Å². The van der Waals surface area contributed by atoms with E-state index in [9.17, 15) is 14.7 Å². The lowest BCUT2D eigenvalue weighted by Gasteiger charge is -2.33. The van der Waals surface area contributed by atoms with Crippen LogP contribution >= 0.6 is 0 Å². The molecule has 0 bridgehead atoms. The Bertz CT molecular complexity index is 560. The molecule has 1 aliphatic heterocycles. The molecular formula is C15H21N3O4. The molecule has 0 radical (unpaired) electrons. The first-order valence-corrected chi connectivity index (χ1v) is 7.29. The van der Waals surface area contributed by atoms with E-state index in [2.05, 4.69) is 9.97 Å². The van der Waals surface area contributed by atoms with Crippen molar-refractivity contribution in [2.24, 2.45) is 0 Å². The van der Waals surface area contributed by atoms with Crippen LogP contribution in [0.2, 0.25) is 0 Å². The van der Waals surface area contributed by atoms with Crippen molar-refractivity contribution in [2.75, 3.05) is 13.1 Å². The zero-order valence-corrected chi connectivity index (χ0v) is 13.1. The smallest absolute Gasteiger partial charge is 0.410 e. The molecule has 1 aromatic heterocycles. The van der Waals surface area contributed by atoms with Crippen molar-refractivity contribution in [3.63, 3.8) is 0 Å². The van der Waals surface area contributed by atoms with Gasteiger partial charge in [-0.15, -0.1) is 0 Å². The monoisotopic (exact) mass is 307 g/mol. The second-order valence-corrected chi connectivity index (χ2v) is 6.37. The highest BCUT2D eigenvalue weighted by atomic mass is 16.6. The number of rotatable bonds is 2.